The Morgan fingerprint density at radius 2 is 1.76 bits per heavy atom. The molecule has 4 rings (SSSR count). The van der Waals surface area contributed by atoms with E-state index in [1.54, 1.807) is 12.1 Å². The quantitative estimate of drug-likeness (QED) is 0.803. The molecule has 2 aromatic rings. The van der Waals surface area contributed by atoms with E-state index in [-0.39, 0.29) is 18.0 Å². The predicted molar refractivity (Wildman–Crippen MR) is 98.0 cm³/mol. The van der Waals surface area contributed by atoms with Crippen molar-refractivity contribution in [1.29, 1.82) is 0 Å². The van der Waals surface area contributed by atoms with E-state index in [2.05, 4.69) is 5.32 Å². The smallest absolute Gasteiger partial charge is 0.257 e. The molecule has 25 heavy (non-hydrogen) atoms. The van der Waals surface area contributed by atoms with Crippen molar-refractivity contribution in [2.24, 2.45) is 0 Å². The first-order valence-corrected chi connectivity index (χ1v) is 8.64. The van der Waals surface area contributed by atoms with Crippen molar-refractivity contribution in [3.8, 4) is 0 Å². The standard InChI is InChI=1S/C19H17N3O2S/c23-16(13-7-2-1-3-8-13)20-19(25)22-12-6-11-21-17(22)14-9-4-5-10-15(14)18(21)24/h1-5,7-10,17H,6,11-12H2,(H,20,23,25). The normalized spacial score (nSPS) is 18.6. The van der Waals surface area contributed by atoms with Gasteiger partial charge in [0.2, 0.25) is 0 Å². The van der Waals surface area contributed by atoms with Gasteiger partial charge in [-0.3, -0.25) is 14.9 Å². The highest BCUT2D eigenvalue weighted by Gasteiger charge is 2.42. The number of hydrogen-bond donors (Lipinski definition) is 1. The lowest BCUT2D eigenvalue weighted by molar-refractivity contribution is 0.0430. The van der Waals surface area contributed by atoms with Crippen molar-refractivity contribution in [3.05, 3.63) is 71.3 Å². The zero-order valence-corrected chi connectivity index (χ0v) is 14.3. The fourth-order valence-corrected chi connectivity index (χ4v) is 3.77. The molecular formula is C19H17N3O2S. The van der Waals surface area contributed by atoms with Gasteiger partial charge in [0, 0.05) is 29.8 Å². The largest absolute Gasteiger partial charge is 0.324 e. The Morgan fingerprint density at radius 3 is 2.56 bits per heavy atom. The summed E-state index contributed by atoms with van der Waals surface area (Å²) in [4.78, 5) is 28.8. The molecule has 5 nitrogen and oxygen atoms in total. The Bertz CT molecular complexity index is 853. The fourth-order valence-electron chi connectivity index (χ4n) is 3.49. The molecule has 0 aromatic heterocycles. The summed E-state index contributed by atoms with van der Waals surface area (Å²) in [5.41, 5.74) is 2.22. The molecule has 1 atom stereocenters. The summed E-state index contributed by atoms with van der Waals surface area (Å²) in [6, 6.07) is 16.6. The van der Waals surface area contributed by atoms with Gasteiger partial charge in [-0.25, -0.2) is 0 Å². The van der Waals surface area contributed by atoms with Crippen molar-refractivity contribution in [3.63, 3.8) is 0 Å². The Morgan fingerprint density at radius 1 is 1.04 bits per heavy atom. The van der Waals surface area contributed by atoms with E-state index in [9.17, 15) is 9.59 Å². The molecule has 2 heterocycles. The van der Waals surface area contributed by atoms with Crippen LogP contribution < -0.4 is 5.32 Å². The first-order valence-electron chi connectivity index (χ1n) is 8.24. The Labute approximate surface area is 151 Å². The monoisotopic (exact) mass is 351 g/mol. The molecule has 6 heteroatoms. The van der Waals surface area contributed by atoms with E-state index < -0.39 is 0 Å². The van der Waals surface area contributed by atoms with Gasteiger partial charge in [-0.05, 0) is 36.8 Å². The van der Waals surface area contributed by atoms with Gasteiger partial charge in [-0.2, -0.15) is 0 Å². The Balaban J connectivity index is 1.59. The van der Waals surface area contributed by atoms with Gasteiger partial charge in [0.05, 0.1) is 0 Å². The lowest BCUT2D eigenvalue weighted by Crippen LogP contribution is -2.52. The molecule has 0 saturated carbocycles. The second kappa shape index (κ2) is 6.29. The third-order valence-corrected chi connectivity index (χ3v) is 4.97. The molecule has 1 N–H and O–H groups in total. The van der Waals surface area contributed by atoms with Gasteiger partial charge in [-0.1, -0.05) is 36.4 Å². The number of carbonyl (C=O) groups excluding carboxylic acids is 2. The number of nitrogens with zero attached hydrogens (tertiary/aromatic N) is 2. The summed E-state index contributed by atoms with van der Waals surface area (Å²) in [6.07, 6.45) is 0.582. The minimum atomic E-state index is -0.236. The number of hydrogen-bond acceptors (Lipinski definition) is 3. The number of carbonyl (C=O) groups is 2. The summed E-state index contributed by atoms with van der Waals surface area (Å²) in [7, 11) is 0. The zero-order chi connectivity index (χ0) is 17.4. The van der Waals surface area contributed by atoms with E-state index in [1.165, 1.54) is 0 Å². The van der Waals surface area contributed by atoms with E-state index in [0.29, 0.717) is 23.8 Å². The molecular weight excluding hydrogens is 334 g/mol. The average molecular weight is 351 g/mol. The minimum absolute atomic E-state index is 0.0301. The molecule has 0 aliphatic carbocycles. The number of benzene rings is 2. The summed E-state index contributed by atoms with van der Waals surface area (Å²) in [5.74, 6) is -0.206. The SMILES string of the molecule is O=C(NC(=S)N1CCCN2C(=O)c3ccccc3C21)c1ccccc1. The number of fused-ring (bicyclic) bond motifs is 3. The molecule has 2 aliphatic rings. The third-order valence-electron chi connectivity index (χ3n) is 4.64. The average Bonchev–Trinajstić information content (AvgIpc) is 2.95. The molecule has 1 unspecified atom stereocenters. The van der Waals surface area contributed by atoms with E-state index in [4.69, 9.17) is 12.2 Å². The maximum atomic E-state index is 12.6. The summed E-state index contributed by atoms with van der Waals surface area (Å²) < 4.78 is 0. The van der Waals surface area contributed by atoms with Crippen LogP contribution in [0.5, 0.6) is 0 Å². The second-order valence-corrected chi connectivity index (χ2v) is 6.52. The minimum Gasteiger partial charge on any atom is -0.324 e. The molecule has 0 bridgehead atoms. The highest BCUT2D eigenvalue weighted by molar-refractivity contribution is 7.80. The van der Waals surface area contributed by atoms with Crippen LogP contribution >= 0.6 is 12.2 Å². The van der Waals surface area contributed by atoms with Crippen LogP contribution in [0.25, 0.3) is 0 Å². The maximum absolute atomic E-state index is 12.6. The van der Waals surface area contributed by atoms with Crippen molar-refractivity contribution in [1.82, 2.24) is 15.1 Å². The predicted octanol–water partition coefficient (Wildman–Crippen LogP) is 2.56. The first-order chi connectivity index (χ1) is 12.2. The Kier molecular flexibility index (Phi) is 3.97. The van der Waals surface area contributed by atoms with Gasteiger partial charge in [-0.15, -0.1) is 0 Å². The molecule has 0 spiro atoms. The second-order valence-electron chi connectivity index (χ2n) is 6.13. The first kappa shape index (κ1) is 15.8. The summed E-state index contributed by atoms with van der Waals surface area (Å²) in [5, 5.41) is 3.16. The number of nitrogens with one attached hydrogen (secondary N) is 1. The topological polar surface area (TPSA) is 52.7 Å². The van der Waals surface area contributed by atoms with Gasteiger partial charge in [0.15, 0.2) is 5.11 Å². The zero-order valence-electron chi connectivity index (χ0n) is 13.5. The maximum Gasteiger partial charge on any atom is 0.257 e. The van der Waals surface area contributed by atoms with Crippen molar-refractivity contribution < 1.29 is 9.59 Å². The van der Waals surface area contributed by atoms with Crippen LogP contribution in [-0.2, 0) is 0 Å². The van der Waals surface area contributed by atoms with E-state index >= 15 is 0 Å². The highest BCUT2D eigenvalue weighted by atomic mass is 32.1. The van der Waals surface area contributed by atoms with Crippen LogP contribution in [0.4, 0.5) is 0 Å². The number of amides is 2. The van der Waals surface area contributed by atoms with Crippen molar-refractivity contribution >= 4 is 29.1 Å². The van der Waals surface area contributed by atoms with Gasteiger partial charge >= 0.3 is 0 Å². The number of thiocarbonyl (C=S) groups is 1. The molecule has 0 radical (unpaired) electrons. The molecule has 1 fully saturated rings. The lowest BCUT2D eigenvalue weighted by atomic mass is 10.1. The Hall–Kier alpha value is -2.73. The van der Waals surface area contributed by atoms with Gasteiger partial charge in [0.1, 0.15) is 6.17 Å². The number of rotatable bonds is 1. The fraction of sp³-hybridized carbons (Fsp3) is 0.211. The molecule has 126 valence electrons. The van der Waals surface area contributed by atoms with Crippen LogP contribution in [0.1, 0.15) is 38.9 Å². The van der Waals surface area contributed by atoms with Crippen LogP contribution in [0.15, 0.2) is 54.6 Å². The molecule has 1 saturated heterocycles. The van der Waals surface area contributed by atoms with E-state index in [0.717, 1.165) is 17.5 Å². The summed E-state index contributed by atoms with van der Waals surface area (Å²) in [6.45, 7) is 1.40. The molecule has 2 aromatic carbocycles. The third kappa shape index (κ3) is 2.68. The van der Waals surface area contributed by atoms with Crippen molar-refractivity contribution in [2.75, 3.05) is 13.1 Å². The summed E-state index contributed by atoms with van der Waals surface area (Å²) >= 11 is 5.50. The molecule has 2 aliphatic heterocycles. The van der Waals surface area contributed by atoms with Gasteiger partial charge in [0.25, 0.3) is 11.8 Å². The van der Waals surface area contributed by atoms with Crippen LogP contribution in [-0.4, -0.2) is 39.8 Å². The van der Waals surface area contributed by atoms with Crippen LogP contribution in [0.3, 0.4) is 0 Å². The van der Waals surface area contributed by atoms with Gasteiger partial charge < -0.3 is 9.80 Å². The highest BCUT2D eigenvalue weighted by Crippen LogP contribution is 2.38. The van der Waals surface area contributed by atoms with E-state index in [1.807, 2.05) is 52.3 Å². The van der Waals surface area contributed by atoms with Crippen LogP contribution in [0.2, 0.25) is 0 Å². The lowest BCUT2D eigenvalue weighted by Gasteiger charge is -2.41. The molecule has 2 amide bonds. The van der Waals surface area contributed by atoms with Crippen molar-refractivity contribution in [2.45, 2.75) is 12.6 Å². The van der Waals surface area contributed by atoms with Crippen LogP contribution in [0, 0.1) is 0 Å².